The van der Waals surface area contributed by atoms with E-state index in [2.05, 4.69) is 70.0 Å². The highest BCUT2D eigenvalue weighted by atomic mass is 79.9. The summed E-state index contributed by atoms with van der Waals surface area (Å²) in [4.78, 5) is 2.49. The van der Waals surface area contributed by atoms with E-state index in [0.717, 1.165) is 31.4 Å². The molecular formula is C14H21BrN2S. The van der Waals surface area contributed by atoms with Crippen molar-refractivity contribution in [2.45, 2.75) is 25.6 Å². The molecule has 0 aliphatic carbocycles. The smallest absolute Gasteiger partial charge is 0.0378 e. The molecule has 1 saturated heterocycles. The molecule has 1 N–H and O–H groups in total. The molecule has 1 aromatic carbocycles. The van der Waals surface area contributed by atoms with Crippen LogP contribution in [-0.2, 0) is 6.54 Å². The van der Waals surface area contributed by atoms with Crippen molar-refractivity contribution in [3.8, 4) is 0 Å². The van der Waals surface area contributed by atoms with Gasteiger partial charge >= 0.3 is 0 Å². The average Bonchev–Trinajstić information content (AvgIpc) is 2.37. The minimum atomic E-state index is 0.735. The van der Waals surface area contributed by atoms with Gasteiger partial charge in [0.1, 0.15) is 0 Å². The Bertz CT molecular complexity index is 397. The summed E-state index contributed by atoms with van der Waals surface area (Å²) < 4.78 is 1.21. The summed E-state index contributed by atoms with van der Waals surface area (Å²) in [5.41, 5.74) is 2.68. The molecule has 0 radical (unpaired) electrons. The number of nitrogens with zero attached hydrogens (tertiary/aromatic N) is 1. The summed E-state index contributed by atoms with van der Waals surface area (Å²) in [6.07, 6.45) is 0. The fraction of sp³-hybridized carbons (Fsp3) is 0.571. The molecule has 1 unspecified atom stereocenters. The van der Waals surface area contributed by atoms with Crippen molar-refractivity contribution in [3.63, 3.8) is 0 Å². The van der Waals surface area contributed by atoms with Gasteiger partial charge in [0.25, 0.3) is 0 Å². The van der Waals surface area contributed by atoms with E-state index >= 15 is 0 Å². The van der Waals surface area contributed by atoms with Crippen molar-refractivity contribution in [2.24, 2.45) is 0 Å². The Labute approximate surface area is 123 Å². The van der Waals surface area contributed by atoms with Gasteiger partial charge in [-0.05, 0) is 24.2 Å². The van der Waals surface area contributed by atoms with E-state index < -0.39 is 0 Å². The fourth-order valence-corrected chi connectivity index (χ4v) is 3.71. The molecule has 1 aromatic rings. The summed E-state index contributed by atoms with van der Waals surface area (Å²) in [6.45, 7) is 8.71. The Hall–Kier alpha value is -0.190. The Morgan fingerprint density at radius 2 is 2.33 bits per heavy atom. The lowest BCUT2D eigenvalue weighted by atomic mass is 10.2. The normalized spacial score (nSPS) is 20.2. The first-order valence-electron chi connectivity index (χ1n) is 6.56. The zero-order valence-electron chi connectivity index (χ0n) is 11.1. The molecular weight excluding hydrogens is 308 g/mol. The van der Waals surface area contributed by atoms with Gasteiger partial charge < -0.3 is 10.2 Å². The molecule has 1 aliphatic rings. The van der Waals surface area contributed by atoms with Crippen LogP contribution in [0.15, 0.2) is 22.7 Å². The fourth-order valence-electron chi connectivity index (χ4n) is 2.19. The third-order valence-corrected chi connectivity index (χ3v) is 5.08. The number of nitrogens with one attached hydrogen (secondary N) is 1. The highest BCUT2D eigenvalue weighted by Gasteiger charge is 2.17. The molecule has 18 heavy (non-hydrogen) atoms. The van der Waals surface area contributed by atoms with Crippen LogP contribution in [0.5, 0.6) is 0 Å². The predicted octanol–water partition coefficient (Wildman–Crippen LogP) is 3.50. The Kier molecular flexibility index (Phi) is 5.39. The molecule has 4 heteroatoms. The van der Waals surface area contributed by atoms with E-state index in [0.29, 0.717) is 0 Å². The van der Waals surface area contributed by atoms with Gasteiger partial charge in [0.2, 0.25) is 0 Å². The zero-order valence-corrected chi connectivity index (χ0v) is 13.5. The largest absolute Gasteiger partial charge is 0.370 e. The highest BCUT2D eigenvalue weighted by Crippen LogP contribution is 2.28. The van der Waals surface area contributed by atoms with Crippen LogP contribution >= 0.6 is 27.7 Å². The first-order valence-corrected chi connectivity index (χ1v) is 8.40. The second kappa shape index (κ2) is 6.83. The Balaban J connectivity index is 2.07. The van der Waals surface area contributed by atoms with Crippen LogP contribution in [0.3, 0.4) is 0 Å². The third kappa shape index (κ3) is 3.65. The summed E-state index contributed by atoms with van der Waals surface area (Å²) in [5.74, 6) is 1.23. The third-order valence-electron chi connectivity index (χ3n) is 3.21. The van der Waals surface area contributed by atoms with Gasteiger partial charge in [0, 0.05) is 40.8 Å². The summed E-state index contributed by atoms with van der Waals surface area (Å²) in [6, 6.07) is 6.74. The Morgan fingerprint density at radius 3 is 3.00 bits per heavy atom. The minimum absolute atomic E-state index is 0.735. The van der Waals surface area contributed by atoms with Crippen LogP contribution in [0, 0.1) is 0 Å². The molecule has 0 bridgehead atoms. The van der Waals surface area contributed by atoms with Crippen molar-refractivity contribution >= 4 is 33.4 Å². The number of hydrogen-bond acceptors (Lipinski definition) is 3. The van der Waals surface area contributed by atoms with Crippen molar-refractivity contribution < 1.29 is 0 Å². The second-order valence-corrected chi connectivity index (χ2v) is 7.08. The molecule has 0 spiro atoms. The van der Waals surface area contributed by atoms with Crippen LogP contribution in [-0.4, -0.2) is 30.6 Å². The van der Waals surface area contributed by atoms with Crippen molar-refractivity contribution in [1.82, 2.24) is 5.32 Å². The van der Waals surface area contributed by atoms with E-state index in [9.17, 15) is 0 Å². The van der Waals surface area contributed by atoms with Gasteiger partial charge in [-0.3, -0.25) is 0 Å². The van der Waals surface area contributed by atoms with Gasteiger partial charge in [-0.1, -0.05) is 35.8 Å². The predicted molar refractivity (Wildman–Crippen MR) is 85.7 cm³/mol. The molecule has 1 atom stereocenters. The summed E-state index contributed by atoms with van der Waals surface area (Å²) >= 11 is 5.76. The SMILES string of the molecule is CCNCc1ccc(N2CCSC(C)C2)cc1Br. The van der Waals surface area contributed by atoms with Gasteiger partial charge in [0.15, 0.2) is 0 Å². The number of thioether (sulfide) groups is 1. The van der Waals surface area contributed by atoms with Gasteiger partial charge in [-0.2, -0.15) is 11.8 Å². The second-order valence-electron chi connectivity index (χ2n) is 4.68. The monoisotopic (exact) mass is 328 g/mol. The summed E-state index contributed by atoms with van der Waals surface area (Å²) in [5, 5.41) is 4.10. The molecule has 1 heterocycles. The topological polar surface area (TPSA) is 15.3 Å². The molecule has 1 fully saturated rings. The molecule has 1 aliphatic heterocycles. The maximum Gasteiger partial charge on any atom is 0.0378 e. The van der Waals surface area contributed by atoms with Crippen LogP contribution in [0.25, 0.3) is 0 Å². The van der Waals surface area contributed by atoms with E-state index in [1.165, 1.54) is 21.5 Å². The molecule has 0 aromatic heterocycles. The van der Waals surface area contributed by atoms with Crippen LogP contribution in [0.4, 0.5) is 5.69 Å². The Morgan fingerprint density at radius 1 is 1.50 bits per heavy atom. The molecule has 100 valence electrons. The maximum absolute atomic E-state index is 3.69. The molecule has 0 saturated carbocycles. The lowest BCUT2D eigenvalue weighted by Crippen LogP contribution is -2.36. The number of rotatable bonds is 4. The summed E-state index contributed by atoms with van der Waals surface area (Å²) in [7, 11) is 0. The lowest BCUT2D eigenvalue weighted by molar-refractivity contribution is 0.724. The molecule has 2 rings (SSSR count). The molecule has 0 amide bonds. The number of hydrogen-bond donors (Lipinski definition) is 1. The van der Waals surface area contributed by atoms with Gasteiger partial charge in [-0.25, -0.2) is 0 Å². The average molecular weight is 329 g/mol. The lowest BCUT2D eigenvalue weighted by Gasteiger charge is -2.32. The van der Waals surface area contributed by atoms with E-state index in [4.69, 9.17) is 0 Å². The first kappa shape index (κ1) is 14.2. The van der Waals surface area contributed by atoms with Gasteiger partial charge in [0.05, 0.1) is 0 Å². The maximum atomic E-state index is 3.69. The zero-order chi connectivity index (χ0) is 13.0. The van der Waals surface area contributed by atoms with E-state index in [-0.39, 0.29) is 0 Å². The van der Waals surface area contributed by atoms with E-state index in [1.54, 1.807) is 0 Å². The van der Waals surface area contributed by atoms with Crippen LogP contribution in [0.2, 0.25) is 0 Å². The number of benzene rings is 1. The minimum Gasteiger partial charge on any atom is -0.370 e. The quantitative estimate of drug-likeness (QED) is 0.910. The van der Waals surface area contributed by atoms with Crippen LogP contribution < -0.4 is 10.2 Å². The highest BCUT2D eigenvalue weighted by molar-refractivity contribution is 9.10. The van der Waals surface area contributed by atoms with Gasteiger partial charge in [-0.15, -0.1) is 0 Å². The standard InChI is InChI=1S/C14H21BrN2S/c1-3-16-9-12-4-5-13(8-14(12)15)17-6-7-18-11(2)10-17/h4-5,8,11,16H,3,6-7,9-10H2,1-2H3. The first-order chi connectivity index (χ1) is 8.70. The van der Waals surface area contributed by atoms with Crippen molar-refractivity contribution in [1.29, 1.82) is 0 Å². The number of halogens is 1. The molecule has 2 nitrogen and oxygen atoms in total. The van der Waals surface area contributed by atoms with E-state index in [1.807, 2.05) is 0 Å². The van der Waals surface area contributed by atoms with Crippen molar-refractivity contribution in [3.05, 3.63) is 28.2 Å². The number of anilines is 1. The van der Waals surface area contributed by atoms with Crippen LogP contribution in [0.1, 0.15) is 19.4 Å². The van der Waals surface area contributed by atoms with Crippen molar-refractivity contribution in [2.75, 3.05) is 30.3 Å².